The summed E-state index contributed by atoms with van der Waals surface area (Å²) in [5.74, 6) is 1.37. The van der Waals surface area contributed by atoms with Crippen LogP contribution < -0.4 is 5.32 Å². The van der Waals surface area contributed by atoms with Gasteiger partial charge in [-0.1, -0.05) is 19.3 Å². The second kappa shape index (κ2) is 5.40. The molecule has 3 nitrogen and oxygen atoms in total. The van der Waals surface area contributed by atoms with Gasteiger partial charge in [0.2, 0.25) is 0 Å². The van der Waals surface area contributed by atoms with Gasteiger partial charge < -0.3 is 10.3 Å². The molecule has 104 valence electrons. The molecule has 0 aliphatic heterocycles. The van der Waals surface area contributed by atoms with Crippen LogP contribution in [0.15, 0.2) is 12.3 Å². The minimum absolute atomic E-state index is 0.113. The highest BCUT2D eigenvalue weighted by Gasteiger charge is 2.27. The van der Waals surface area contributed by atoms with Gasteiger partial charge in [-0.25, -0.2) is 0 Å². The van der Waals surface area contributed by atoms with Crippen molar-refractivity contribution < 1.29 is 4.79 Å². The van der Waals surface area contributed by atoms with Crippen molar-refractivity contribution in [2.75, 3.05) is 0 Å². The first-order valence-corrected chi connectivity index (χ1v) is 7.74. The van der Waals surface area contributed by atoms with Crippen LogP contribution in [0.25, 0.3) is 0 Å². The van der Waals surface area contributed by atoms with Gasteiger partial charge in [0.15, 0.2) is 0 Å². The van der Waals surface area contributed by atoms with Crippen LogP contribution in [0.1, 0.15) is 73.8 Å². The first-order valence-electron chi connectivity index (χ1n) is 7.74. The van der Waals surface area contributed by atoms with Crippen LogP contribution in [0.3, 0.4) is 0 Å². The molecule has 0 spiro atoms. The van der Waals surface area contributed by atoms with Crippen molar-refractivity contribution >= 4 is 5.91 Å². The lowest BCUT2D eigenvalue weighted by atomic mass is 9.81. The summed E-state index contributed by atoms with van der Waals surface area (Å²) in [6, 6.07) is 2.24. The van der Waals surface area contributed by atoms with Gasteiger partial charge in [-0.2, -0.15) is 0 Å². The standard InChI is InChI=1S/C16H24N2O/c1-11(12-5-2-3-6-12)18-16(19)14-9-10-17-15(14)13-7-4-8-13/h9-13,17H,2-8H2,1H3,(H,18,19)/t11-/m1/s1. The molecule has 2 fully saturated rings. The second-order valence-electron chi connectivity index (χ2n) is 6.24. The molecule has 19 heavy (non-hydrogen) atoms. The van der Waals surface area contributed by atoms with Gasteiger partial charge in [0, 0.05) is 17.9 Å². The third-order valence-electron chi connectivity index (χ3n) is 5.00. The number of nitrogens with one attached hydrogen (secondary N) is 2. The Labute approximate surface area is 115 Å². The van der Waals surface area contributed by atoms with Crippen LogP contribution in [-0.4, -0.2) is 16.9 Å². The molecule has 0 radical (unpaired) electrons. The minimum atomic E-state index is 0.113. The molecule has 2 N–H and O–H groups in total. The number of carbonyl (C=O) groups is 1. The summed E-state index contributed by atoms with van der Waals surface area (Å²) in [4.78, 5) is 15.7. The van der Waals surface area contributed by atoms with Gasteiger partial charge in [-0.15, -0.1) is 0 Å². The molecule has 0 saturated heterocycles. The van der Waals surface area contributed by atoms with E-state index >= 15 is 0 Å². The third kappa shape index (κ3) is 2.56. The zero-order valence-corrected chi connectivity index (χ0v) is 11.7. The largest absolute Gasteiger partial charge is 0.364 e. The highest BCUT2D eigenvalue weighted by molar-refractivity contribution is 5.95. The summed E-state index contributed by atoms with van der Waals surface area (Å²) in [6.07, 6.45) is 10.8. The monoisotopic (exact) mass is 260 g/mol. The SMILES string of the molecule is C[C@@H](NC(=O)c1cc[nH]c1C1CCC1)C1CCCC1. The summed E-state index contributed by atoms with van der Waals surface area (Å²) in [6.45, 7) is 2.16. The Bertz CT molecular complexity index is 441. The summed E-state index contributed by atoms with van der Waals surface area (Å²) in [5, 5.41) is 3.21. The van der Waals surface area contributed by atoms with E-state index in [0.29, 0.717) is 17.9 Å². The van der Waals surface area contributed by atoms with E-state index < -0.39 is 0 Å². The fraction of sp³-hybridized carbons (Fsp3) is 0.688. The fourth-order valence-corrected chi connectivity index (χ4v) is 3.47. The minimum Gasteiger partial charge on any atom is -0.364 e. The van der Waals surface area contributed by atoms with Crippen LogP contribution in [0.2, 0.25) is 0 Å². The average molecular weight is 260 g/mol. The molecule has 1 heterocycles. The van der Waals surface area contributed by atoms with E-state index in [9.17, 15) is 4.79 Å². The van der Waals surface area contributed by atoms with Gasteiger partial charge in [0.25, 0.3) is 5.91 Å². The van der Waals surface area contributed by atoms with Crippen molar-refractivity contribution in [1.29, 1.82) is 0 Å². The average Bonchev–Trinajstić information content (AvgIpc) is 2.97. The normalized spacial score (nSPS) is 22.2. The molecule has 2 saturated carbocycles. The van der Waals surface area contributed by atoms with E-state index in [-0.39, 0.29) is 5.91 Å². The smallest absolute Gasteiger partial charge is 0.253 e. The number of H-pyrrole nitrogens is 1. The van der Waals surface area contributed by atoms with Crippen LogP contribution in [0.4, 0.5) is 0 Å². The molecule has 0 aromatic carbocycles. The molecular weight excluding hydrogens is 236 g/mol. The maximum absolute atomic E-state index is 12.4. The molecule has 1 aromatic heterocycles. The Morgan fingerprint density at radius 2 is 2.00 bits per heavy atom. The van der Waals surface area contributed by atoms with Crippen molar-refractivity contribution in [3.05, 3.63) is 23.5 Å². The summed E-state index contributed by atoms with van der Waals surface area (Å²) in [7, 11) is 0. The molecule has 1 aromatic rings. The van der Waals surface area contributed by atoms with Crippen LogP contribution in [0, 0.1) is 5.92 Å². The Morgan fingerprint density at radius 1 is 1.26 bits per heavy atom. The van der Waals surface area contributed by atoms with E-state index in [1.54, 1.807) is 0 Å². The highest BCUT2D eigenvalue weighted by Crippen LogP contribution is 2.37. The van der Waals surface area contributed by atoms with Gasteiger partial charge in [-0.3, -0.25) is 4.79 Å². The Morgan fingerprint density at radius 3 is 2.63 bits per heavy atom. The van der Waals surface area contributed by atoms with Gasteiger partial charge in [0.05, 0.1) is 5.56 Å². The lowest BCUT2D eigenvalue weighted by Crippen LogP contribution is -2.37. The van der Waals surface area contributed by atoms with E-state index in [2.05, 4.69) is 17.2 Å². The molecule has 0 bridgehead atoms. The Balaban J connectivity index is 1.64. The highest BCUT2D eigenvalue weighted by atomic mass is 16.1. The second-order valence-corrected chi connectivity index (χ2v) is 6.24. The predicted molar refractivity (Wildman–Crippen MR) is 76.3 cm³/mol. The van der Waals surface area contributed by atoms with Gasteiger partial charge >= 0.3 is 0 Å². The summed E-state index contributed by atoms with van der Waals surface area (Å²) >= 11 is 0. The molecule has 2 aliphatic rings. The number of amides is 1. The third-order valence-corrected chi connectivity index (χ3v) is 5.00. The topological polar surface area (TPSA) is 44.9 Å². The summed E-state index contributed by atoms with van der Waals surface area (Å²) in [5.41, 5.74) is 2.02. The fourth-order valence-electron chi connectivity index (χ4n) is 3.47. The van der Waals surface area contributed by atoms with Gasteiger partial charge in [-0.05, 0) is 50.5 Å². The molecule has 1 amide bonds. The van der Waals surface area contributed by atoms with E-state index in [1.165, 1.54) is 44.9 Å². The van der Waals surface area contributed by atoms with Crippen molar-refractivity contribution in [1.82, 2.24) is 10.3 Å². The number of rotatable bonds is 4. The molecular formula is C16H24N2O. The predicted octanol–water partition coefficient (Wildman–Crippen LogP) is 3.59. The van der Waals surface area contributed by atoms with Crippen molar-refractivity contribution in [3.63, 3.8) is 0 Å². The first-order chi connectivity index (χ1) is 9.25. The van der Waals surface area contributed by atoms with Gasteiger partial charge in [0.1, 0.15) is 0 Å². The lowest BCUT2D eigenvalue weighted by molar-refractivity contribution is 0.0925. The van der Waals surface area contributed by atoms with Crippen molar-refractivity contribution in [2.24, 2.45) is 5.92 Å². The lowest BCUT2D eigenvalue weighted by Gasteiger charge is -2.26. The van der Waals surface area contributed by atoms with Crippen LogP contribution in [0.5, 0.6) is 0 Å². The molecule has 0 unspecified atom stereocenters. The number of carbonyl (C=O) groups excluding carboxylic acids is 1. The maximum Gasteiger partial charge on any atom is 0.253 e. The molecule has 3 rings (SSSR count). The van der Waals surface area contributed by atoms with Crippen molar-refractivity contribution in [2.45, 2.75) is 63.8 Å². The zero-order chi connectivity index (χ0) is 13.2. The van der Waals surface area contributed by atoms with Crippen molar-refractivity contribution in [3.8, 4) is 0 Å². The number of hydrogen-bond acceptors (Lipinski definition) is 1. The Kier molecular flexibility index (Phi) is 3.63. The van der Waals surface area contributed by atoms with E-state index in [0.717, 1.165) is 11.3 Å². The number of hydrogen-bond donors (Lipinski definition) is 2. The van der Waals surface area contributed by atoms with Crippen LogP contribution in [-0.2, 0) is 0 Å². The maximum atomic E-state index is 12.4. The zero-order valence-electron chi connectivity index (χ0n) is 11.7. The van der Waals surface area contributed by atoms with E-state index in [4.69, 9.17) is 0 Å². The number of aromatic amines is 1. The van der Waals surface area contributed by atoms with E-state index in [1.807, 2.05) is 12.3 Å². The Hall–Kier alpha value is -1.25. The van der Waals surface area contributed by atoms with Crippen LogP contribution >= 0.6 is 0 Å². The molecule has 1 atom stereocenters. The molecule has 3 heteroatoms. The summed E-state index contributed by atoms with van der Waals surface area (Å²) < 4.78 is 0. The number of aromatic nitrogens is 1. The quantitative estimate of drug-likeness (QED) is 0.853. The molecule has 2 aliphatic carbocycles. The first kappa shape index (κ1) is 12.8.